The van der Waals surface area contributed by atoms with Crippen LogP contribution in [0.25, 0.3) is 0 Å². The van der Waals surface area contributed by atoms with E-state index in [1.807, 2.05) is 11.9 Å². The van der Waals surface area contributed by atoms with Crippen LogP contribution in [0.1, 0.15) is 17.3 Å². The van der Waals surface area contributed by atoms with Crippen LogP contribution in [0, 0.1) is 0 Å². The van der Waals surface area contributed by atoms with Gasteiger partial charge in [-0.15, -0.1) is 0 Å². The minimum atomic E-state index is -3.36. The highest BCUT2D eigenvalue weighted by Crippen LogP contribution is 2.21. The third-order valence-corrected chi connectivity index (χ3v) is 6.66. The number of amides is 2. The van der Waals surface area contributed by atoms with Gasteiger partial charge < -0.3 is 19.9 Å². The highest BCUT2D eigenvalue weighted by molar-refractivity contribution is 7.92. The van der Waals surface area contributed by atoms with E-state index in [-0.39, 0.29) is 18.4 Å². The number of likely N-dealkylation sites (N-methyl/N-ethyl adjacent to an activating group) is 1. The van der Waals surface area contributed by atoms with E-state index in [2.05, 4.69) is 10.2 Å². The van der Waals surface area contributed by atoms with Gasteiger partial charge in [-0.2, -0.15) is 0 Å². The van der Waals surface area contributed by atoms with Crippen LogP contribution in [-0.2, 0) is 14.8 Å². The fourth-order valence-corrected chi connectivity index (χ4v) is 4.53. The maximum atomic E-state index is 12.6. The Hall–Kier alpha value is -3.11. The van der Waals surface area contributed by atoms with E-state index in [4.69, 9.17) is 4.74 Å². The van der Waals surface area contributed by atoms with Gasteiger partial charge in [0.25, 0.3) is 11.8 Å². The predicted octanol–water partition coefficient (Wildman–Crippen LogP) is 1.88. The molecule has 1 fully saturated rings. The second kappa shape index (κ2) is 10.7. The Morgan fingerprint density at radius 3 is 2.15 bits per heavy atom. The normalized spacial score (nSPS) is 14.6. The molecular formula is C23H30N4O5S. The Balaban J connectivity index is 1.50. The average Bonchev–Trinajstić information content (AvgIpc) is 2.79. The fourth-order valence-electron chi connectivity index (χ4n) is 3.55. The number of sulfonamides is 1. The Bertz CT molecular complexity index is 1060. The molecule has 1 heterocycles. The van der Waals surface area contributed by atoms with E-state index in [1.165, 1.54) is 4.31 Å². The van der Waals surface area contributed by atoms with Gasteiger partial charge in [-0.05, 0) is 62.5 Å². The van der Waals surface area contributed by atoms with Gasteiger partial charge in [0, 0.05) is 44.0 Å². The van der Waals surface area contributed by atoms with Gasteiger partial charge >= 0.3 is 0 Å². The van der Waals surface area contributed by atoms with Crippen LogP contribution in [0.2, 0.25) is 0 Å². The van der Waals surface area contributed by atoms with Crippen LogP contribution in [-0.4, -0.2) is 82.7 Å². The number of nitrogens with one attached hydrogen (secondary N) is 1. The fraction of sp³-hybridized carbons (Fsp3) is 0.391. The summed E-state index contributed by atoms with van der Waals surface area (Å²) in [7, 11) is -1.32. The molecular weight excluding hydrogens is 444 g/mol. The summed E-state index contributed by atoms with van der Waals surface area (Å²) in [6, 6.07) is 13.3. The molecule has 2 aromatic rings. The number of carbonyl (C=O) groups is 2. The molecule has 10 heteroatoms. The van der Waals surface area contributed by atoms with Crippen LogP contribution >= 0.6 is 0 Å². The number of nitrogens with zero attached hydrogens (tertiary/aromatic N) is 3. The first-order valence-corrected chi connectivity index (χ1v) is 12.6. The lowest BCUT2D eigenvalue weighted by Crippen LogP contribution is -2.47. The Morgan fingerprint density at radius 2 is 1.61 bits per heavy atom. The smallest absolute Gasteiger partial charge is 0.262 e. The number of benzene rings is 2. The molecule has 9 nitrogen and oxygen atoms in total. The quantitative estimate of drug-likeness (QED) is 0.627. The van der Waals surface area contributed by atoms with E-state index in [1.54, 1.807) is 55.5 Å². The van der Waals surface area contributed by atoms with Crippen molar-refractivity contribution >= 4 is 33.2 Å². The minimum Gasteiger partial charge on any atom is -0.484 e. The van der Waals surface area contributed by atoms with Gasteiger partial charge in [0.2, 0.25) is 10.0 Å². The van der Waals surface area contributed by atoms with Crippen LogP contribution in [0.3, 0.4) is 0 Å². The molecule has 0 unspecified atom stereocenters. The zero-order valence-corrected chi connectivity index (χ0v) is 20.0. The van der Waals surface area contributed by atoms with Gasteiger partial charge in [-0.3, -0.25) is 13.9 Å². The number of piperazine rings is 1. The molecule has 2 amide bonds. The van der Waals surface area contributed by atoms with Gasteiger partial charge in [0.15, 0.2) is 6.61 Å². The summed E-state index contributed by atoms with van der Waals surface area (Å²) in [5.41, 5.74) is 1.69. The Kier molecular flexibility index (Phi) is 7.93. The first kappa shape index (κ1) is 24.5. The second-order valence-electron chi connectivity index (χ2n) is 7.93. The third-order valence-electron chi connectivity index (χ3n) is 5.39. The van der Waals surface area contributed by atoms with Gasteiger partial charge in [0.05, 0.1) is 11.9 Å². The van der Waals surface area contributed by atoms with Gasteiger partial charge in [0.1, 0.15) is 5.75 Å². The summed E-state index contributed by atoms with van der Waals surface area (Å²) in [6.45, 7) is 5.00. The number of ether oxygens (including phenoxy) is 1. The average molecular weight is 475 g/mol. The second-order valence-corrected chi connectivity index (χ2v) is 9.84. The van der Waals surface area contributed by atoms with Crippen molar-refractivity contribution in [3.63, 3.8) is 0 Å². The lowest BCUT2D eigenvalue weighted by molar-refractivity contribution is -0.118. The number of hydrogen-bond donors (Lipinski definition) is 1. The summed E-state index contributed by atoms with van der Waals surface area (Å²) in [6.07, 6.45) is 1.15. The lowest BCUT2D eigenvalue weighted by atomic mass is 10.1. The van der Waals surface area contributed by atoms with Crippen molar-refractivity contribution in [1.29, 1.82) is 0 Å². The predicted molar refractivity (Wildman–Crippen MR) is 128 cm³/mol. The standard InChI is InChI=1S/C23H30N4O5S/c1-4-27(33(3,30)31)20-9-11-21(12-10-20)32-17-22(28)24-19-7-5-18(6-8-19)23(29)26-15-13-25(2)14-16-26/h5-12H,4,13-17H2,1-3H3,(H,24,28). The number of anilines is 2. The van der Waals surface area contributed by atoms with Crippen LogP contribution in [0.15, 0.2) is 48.5 Å². The molecule has 1 aliphatic heterocycles. The number of carbonyl (C=O) groups excluding carboxylic acids is 2. The van der Waals surface area contributed by atoms with Crippen molar-refractivity contribution in [2.24, 2.45) is 0 Å². The molecule has 1 N–H and O–H groups in total. The monoisotopic (exact) mass is 474 g/mol. The van der Waals surface area contributed by atoms with Crippen LogP contribution in [0.4, 0.5) is 11.4 Å². The largest absolute Gasteiger partial charge is 0.484 e. The summed E-state index contributed by atoms with van der Waals surface area (Å²) < 4.78 is 30.4. The van der Waals surface area contributed by atoms with Crippen molar-refractivity contribution in [3.8, 4) is 5.75 Å². The molecule has 0 aliphatic carbocycles. The summed E-state index contributed by atoms with van der Waals surface area (Å²) >= 11 is 0. The SMILES string of the molecule is CCN(c1ccc(OCC(=O)Nc2ccc(C(=O)N3CCN(C)CC3)cc2)cc1)S(C)(=O)=O. The third kappa shape index (κ3) is 6.69. The van der Waals surface area contributed by atoms with Crippen LogP contribution < -0.4 is 14.4 Å². The zero-order chi connectivity index (χ0) is 24.0. The van der Waals surface area contributed by atoms with E-state index in [9.17, 15) is 18.0 Å². The minimum absolute atomic E-state index is 0.00901. The lowest BCUT2D eigenvalue weighted by Gasteiger charge is -2.32. The van der Waals surface area contributed by atoms with E-state index in [0.717, 1.165) is 19.3 Å². The van der Waals surface area contributed by atoms with Gasteiger partial charge in [-0.25, -0.2) is 8.42 Å². The molecule has 0 aromatic heterocycles. The molecule has 3 rings (SSSR count). The number of hydrogen-bond acceptors (Lipinski definition) is 6. The van der Waals surface area contributed by atoms with Gasteiger partial charge in [-0.1, -0.05) is 0 Å². The van der Waals surface area contributed by atoms with E-state index in [0.29, 0.717) is 42.3 Å². The summed E-state index contributed by atoms with van der Waals surface area (Å²) in [5.74, 6) is 0.0976. The maximum Gasteiger partial charge on any atom is 0.262 e. The maximum absolute atomic E-state index is 12.6. The molecule has 0 bridgehead atoms. The topological polar surface area (TPSA) is 99.3 Å². The van der Waals surface area contributed by atoms with Crippen molar-refractivity contribution in [1.82, 2.24) is 9.80 Å². The Labute approximate surface area is 195 Å². The van der Waals surface area contributed by atoms with Crippen molar-refractivity contribution in [2.45, 2.75) is 6.92 Å². The first-order chi connectivity index (χ1) is 15.7. The molecule has 1 aliphatic rings. The zero-order valence-electron chi connectivity index (χ0n) is 19.2. The first-order valence-electron chi connectivity index (χ1n) is 10.8. The highest BCUT2D eigenvalue weighted by Gasteiger charge is 2.20. The number of rotatable bonds is 8. The highest BCUT2D eigenvalue weighted by atomic mass is 32.2. The van der Waals surface area contributed by atoms with Crippen molar-refractivity contribution < 1.29 is 22.7 Å². The molecule has 178 valence electrons. The summed E-state index contributed by atoms with van der Waals surface area (Å²) in [4.78, 5) is 28.9. The van der Waals surface area contributed by atoms with Crippen molar-refractivity contribution in [2.75, 3.05) is 62.3 Å². The molecule has 2 aromatic carbocycles. The molecule has 0 spiro atoms. The molecule has 0 atom stereocenters. The molecule has 0 saturated carbocycles. The molecule has 33 heavy (non-hydrogen) atoms. The van der Waals surface area contributed by atoms with Crippen molar-refractivity contribution in [3.05, 3.63) is 54.1 Å². The van der Waals surface area contributed by atoms with Crippen LogP contribution in [0.5, 0.6) is 5.75 Å². The molecule has 1 saturated heterocycles. The van der Waals surface area contributed by atoms with E-state index < -0.39 is 10.0 Å². The summed E-state index contributed by atoms with van der Waals surface area (Å²) in [5, 5.41) is 2.74. The van der Waals surface area contributed by atoms with E-state index >= 15 is 0 Å². The molecule has 0 radical (unpaired) electrons. The Morgan fingerprint density at radius 1 is 1.00 bits per heavy atom.